The van der Waals surface area contributed by atoms with Gasteiger partial charge < -0.3 is 4.74 Å². The fourth-order valence-corrected chi connectivity index (χ4v) is 2.77. The first-order valence-corrected chi connectivity index (χ1v) is 6.95. The lowest BCUT2D eigenvalue weighted by molar-refractivity contribution is -0.393. The Balaban J connectivity index is 1.82. The molecule has 22 heavy (non-hydrogen) atoms. The minimum Gasteiger partial charge on any atom is -0.369 e. The second-order valence-corrected chi connectivity index (χ2v) is 5.29. The van der Waals surface area contributed by atoms with Crippen molar-refractivity contribution in [1.29, 1.82) is 0 Å². The van der Waals surface area contributed by atoms with Crippen LogP contribution in [0.3, 0.4) is 0 Å². The molecule has 0 aliphatic carbocycles. The van der Waals surface area contributed by atoms with Crippen LogP contribution in [0.4, 0.5) is 17.1 Å². The van der Waals surface area contributed by atoms with Crippen LogP contribution in [0.25, 0.3) is 0 Å². The van der Waals surface area contributed by atoms with Crippen LogP contribution < -0.4 is 5.43 Å². The summed E-state index contributed by atoms with van der Waals surface area (Å²) in [5.41, 5.74) is 2.92. The van der Waals surface area contributed by atoms with Crippen molar-refractivity contribution in [2.24, 2.45) is 5.10 Å². The predicted molar refractivity (Wildman–Crippen MR) is 77.9 cm³/mol. The summed E-state index contributed by atoms with van der Waals surface area (Å²) in [6, 6.07) is 3.42. The number of hydrazone groups is 1. The second kappa shape index (κ2) is 5.68. The summed E-state index contributed by atoms with van der Waals surface area (Å²) in [5.74, 6) is 0. The molecular weight excluding hydrogens is 292 g/mol. The van der Waals surface area contributed by atoms with Gasteiger partial charge in [-0.15, -0.1) is 0 Å². The molecule has 2 aliphatic rings. The molecule has 1 aromatic rings. The quantitative estimate of drug-likeness (QED) is 0.674. The summed E-state index contributed by atoms with van der Waals surface area (Å²) >= 11 is 0. The maximum atomic E-state index is 11.0. The lowest BCUT2D eigenvalue weighted by Crippen LogP contribution is -2.28. The Bertz CT molecular complexity index is 660. The van der Waals surface area contributed by atoms with Gasteiger partial charge in [-0.05, 0) is 31.7 Å². The smallest absolute Gasteiger partial charge is 0.301 e. The van der Waals surface area contributed by atoms with Crippen LogP contribution in [0, 0.1) is 20.2 Å². The molecule has 2 atom stereocenters. The first kappa shape index (κ1) is 14.4. The average molecular weight is 306 g/mol. The van der Waals surface area contributed by atoms with Gasteiger partial charge in [0.15, 0.2) is 0 Å². The van der Waals surface area contributed by atoms with Crippen molar-refractivity contribution in [3.63, 3.8) is 0 Å². The number of nitro benzene ring substituents is 2. The zero-order valence-corrected chi connectivity index (χ0v) is 11.6. The summed E-state index contributed by atoms with van der Waals surface area (Å²) in [5, 5.41) is 26.0. The Labute approximate surface area is 125 Å². The van der Waals surface area contributed by atoms with Gasteiger partial charge in [0.2, 0.25) is 0 Å². The zero-order chi connectivity index (χ0) is 15.7. The number of rotatable bonds is 4. The van der Waals surface area contributed by atoms with Gasteiger partial charge in [0.05, 0.1) is 33.8 Å². The maximum Gasteiger partial charge on any atom is 0.301 e. The van der Waals surface area contributed by atoms with Crippen LogP contribution in [-0.4, -0.2) is 27.8 Å². The largest absolute Gasteiger partial charge is 0.369 e. The van der Waals surface area contributed by atoms with Gasteiger partial charge in [-0.3, -0.25) is 25.7 Å². The monoisotopic (exact) mass is 306 g/mol. The number of non-ortho nitro benzene ring substituents is 1. The molecule has 3 rings (SSSR count). The molecule has 2 saturated heterocycles. The van der Waals surface area contributed by atoms with E-state index in [1.165, 1.54) is 12.1 Å². The lowest BCUT2D eigenvalue weighted by Gasteiger charge is -2.21. The Hall–Kier alpha value is -2.55. The van der Waals surface area contributed by atoms with Crippen molar-refractivity contribution in [1.82, 2.24) is 0 Å². The van der Waals surface area contributed by atoms with Gasteiger partial charge in [-0.25, -0.2) is 0 Å². The molecular formula is C13H14N4O5. The lowest BCUT2D eigenvalue weighted by atomic mass is 10.1. The number of hydrogen-bond donors (Lipinski definition) is 1. The van der Waals surface area contributed by atoms with Crippen molar-refractivity contribution >= 4 is 22.8 Å². The van der Waals surface area contributed by atoms with Crippen LogP contribution in [0.5, 0.6) is 0 Å². The van der Waals surface area contributed by atoms with Gasteiger partial charge in [0.25, 0.3) is 5.69 Å². The Morgan fingerprint density at radius 3 is 2.73 bits per heavy atom. The van der Waals surface area contributed by atoms with Crippen molar-refractivity contribution in [2.75, 3.05) is 5.43 Å². The maximum absolute atomic E-state index is 11.0. The second-order valence-electron chi connectivity index (χ2n) is 5.29. The number of benzene rings is 1. The number of hydrogen-bond acceptors (Lipinski definition) is 7. The average Bonchev–Trinajstić information content (AvgIpc) is 2.88. The van der Waals surface area contributed by atoms with Crippen molar-refractivity contribution < 1.29 is 14.6 Å². The van der Waals surface area contributed by atoms with E-state index in [-0.39, 0.29) is 23.2 Å². The molecule has 0 aromatic heterocycles. The molecule has 9 heteroatoms. The highest BCUT2D eigenvalue weighted by molar-refractivity contribution is 5.90. The van der Waals surface area contributed by atoms with Crippen LogP contribution in [0.15, 0.2) is 23.3 Å². The highest BCUT2D eigenvalue weighted by atomic mass is 16.6. The topological polar surface area (TPSA) is 120 Å². The summed E-state index contributed by atoms with van der Waals surface area (Å²) in [6.45, 7) is 0. The van der Waals surface area contributed by atoms with E-state index in [0.717, 1.165) is 37.5 Å². The summed E-state index contributed by atoms with van der Waals surface area (Å²) in [4.78, 5) is 20.4. The molecule has 2 bridgehead atoms. The third-order valence-corrected chi connectivity index (χ3v) is 3.91. The molecule has 0 saturated carbocycles. The third kappa shape index (κ3) is 2.75. The number of anilines is 1. The molecule has 2 heterocycles. The van der Waals surface area contributed by atoms with E-state index in [4.69, 9.17) is 4.74 Å². The normalized spacial score (nSPS) is 25.2. The van der Waals surface area contributed by atoms with E-state index in [9.17, 15) is 20.2 Å². The van der Waals surface area contributed by atoms with Gasteiger partial charge in [-0.1, -0.05) is 0 Å². The first-order chi connectivity index (χ1) is 10.5. The molecule has 1 N–H and O–H groups in total. The molecule has 116 valence electrons. The number of nitrogens with zero attached hydrogens (tertiary/aromatic N) is 3. The van der Waals surface area contributed by atoms with E-state index in [1.807, 2.05) is 0 Å². The molecule has 2 aliphatic heterocycles. The van der Waals surface area contributed by atoms with E-state index in [1.54, 1.807) is 0 Å². The van der Waals surface area contributed by atoms with Crippen LogP contribution in [0.1, 0.15) is 25.7 Å². The molecule has 1 aromatic carbocycles. The van der Waals surface area contributed by atoms with E-state index >= 15 is 0 Å². The van der Waals surface area contributed by atoms with Crippen LogP contribution in [-0.2, 0) is 4.74 Å². The highest BCUT2D eigenvalue weighted by Crippen LogP contribution is 2.32. The Morgan fingerprint density at radius 2 is 2.00 bits per heavy atom. The van der Waals surface area contributed by atoms with Crippen LogP contribution >= 0.6 is 0 Å². The van der Waals surface area contributed by atoms with Gasteiger partial charge in [-0.2, -0.15) is 5.10 Å². The Morgan fingerprint density at radius 1 is 1.18 bits per heavy atom. The summed E-state index contributed by atoms with van der Waals surface area (Å²) in [7, 11) is 0. The minimum absolute atomic E-state index is 0.0247. The fraction of sp³-hybridized carbons (Fsp3) is 0.462. The van der Waals surface area contributed by atoms with Gasteiger partial charge >= 0.3 is 5.69 Å². The molecule has 0 amide bonds. The number of fused-ring (bicyclic) bond motifs is 2. The molecule has 0 radical (unpaired) electrons. The zero-order valence-electron chi connectivity index (χ0n) is 11.6. The number of nitro groups is 2. The standard InChI is InChI=1S/C13H14N4O5/c18-16(19)8-1-4-10(12(7-8)17(20)21)14-15-11-5-2-9-3-6-13(11)22-9/h1,4,7,9,13-14H,2-3,5-6H2/b15-11-/t9-,13+/m0/s1. The molecule has 9 nitrogen and oxygen atoms in total. The van der Waals surface area contributed by atoms with Crippen molar-refractivity contribution in [2.45, 2.75) is 37.9 Å². The predicted octanol–water partition coefficient (Wildman–Crippen LogP) is 2.61. The third-order valence-electron chi connectivity index (χ3n) is 3.91. The van der Waals surface area contributed by atoms with E-state index < -0.39 is 9.85 Å². The van der Waals surface area contributed by atoms with Gasteiger partial charge in [0.1, 0.15) is 5.69 Å². The van der Waals surface area contributed by atoms with Crippen molar-refractivity contribution in [3.05, 3.63) is 38.4 Å². The SMILES string of the molecule is O=[N+]([O-])c1ccc(N/N=C2/CC[C@H]3CC[C@H]2O3)c([N+](=O)[O-])c1. The summed E-state index contributed by atoms with van der Waals surface area (Å²) < 4.78 is 5.73. The summed E-state index contributed by atoms with van der Waals surface area (Å²) in [6.07, 6.45) is 3.90. The number of nitrogens with one attached hydrogen (secondary N) is 1. The molecule has 0 spiro atoms. The van der Waals surface area contributed by atoms with E-state index in [2.05, 4.69) is 10.5 Å². The Kier molecular flexibility index (Phi) is 3.72. The molecule has 2 fully saturated rings. The van der Waals surface area contributed by atoms with Crippen molar-refractivity contribution in [3.8, 4) is 0 Å². The minimum atomic E-state index is -0.670. The first-order valence-electron chi connectivity index (χ1n) is 6.95. The fourth-order valence-electron chi connectivity index (χ4n) is 2.77. The number of ether oxygens (including phenoxy) is 1. The molecule has 0 unspecified atom stereocenters. The van der Waals surface area contributed by atoms with E-state index in [0.29, 0.717) is 6.10 Å². The van der Waals surface area contributed by atoms with Gasteiger partial charge in [0, 0.05) is 6.07 Å². The van der Waals surface area contributed by atoms with Crippen LogP contribution in [0.2, 0.25) is 0 Å². The highest BCUT2D eigenvalue weighted by Gasteiger charge is 2.34.